The molecule has 1 saturated heterocycles. The standard InChI is InChI=1S/C13H17N3O/c1-10(17)15-11-5-4-6-12(9-11)16-8-3-2-7-13(16)14/h4-6,9,14H,2-3,7-8H2,1H3,(H,15,17). The van der Waals surface area contributed by atoms with E-state index in [0.29, 0.717) is 5.84 Å². The minimum absolute atomic E-state index is 0.0733. The summed E-state index contributed by atoms with van der Waals surface area (Å²) in [7, 11) is 0. The van der Waals surface area contributed by atoms with Gasteiger partial charge in [0.15, 0.2) is 0 Å². The number of benzene rings is 1. The lowest BCUT2D eigenvalue weighted by Crippen LogP contribution is -2.34. The molecule has 1 amide bonds. The maximum atomic E-state index is 11.0. The van der Waals surface area contributed by atoms with E-state index in [4.69, 9.17) is 5.41 Å². The molecule has 0 aliphatic carbocycles. The molecule has 90 valence electrons. The molecule has 1 aliphatic rings. The third-order valence-electron chi connectivity index (χ3n) is 2.85. The number of nitrogens with zero attached hydrogens (tertiary/aromatic N) is 1. The lowest BCUT2D eigenvalue weighted by Gasteiger charge is -2.29. The number of carbonyl (C=O) groups excluding carboxylic acids is 1. The van der Waals surface area contributed by atoms with Crippen molar-refractivity contribution in [2.24, 2.45) is 0 Å². The Morgan fingerprint density at radius 3 is 2.94 bits per heavy atom. The van der Waals surface area contributed by atoms with Crippen LogP contribution in [0.4, 0.5) is 11.4 Å². The normalized spacial score (nSPS) is 15.8. The van der Waals surface area contributed by atoms with Gasteiger partial charge in [0.25, 0.3) is 0 Å². The number of nitrogens with one attached hydrogen (secondary N) is 2. The molecule has 2 rings (SSSR count). The highest BCUT2D eigenvalue weighted by molar-refractivity contribution is 5.97. The second-order valence-electron chi connectivity index (χ2n) is 4.29. The largest absolute Gasteiger partial charge is 0.330 e. The molecule has 0 unspecified atom stereocenters. The van der Waals surface area contributed by atoms with Crippen molar-refractivity contribution in [3.8, 4) is 0 Å². The Labute approximate surface area is 101 Å². The summed E-state index contributed by atoms with van der Waals surface area (Å²) >= 11 is 0. The zero-order valence-electron chi connectivity index (χ0n) is 9.99. The van der Waals surface area contributed by atoms with Crippen LogP contribution in [-0.4, -0.2) is 18.3 Å². The highest BCUT2D eigenvalue weighted by Crippen LogP contribution is 2.23. The van der Waals surface area contributed by atoms with Gasteiger partial charge < -0.3 is 10.2 Å². The average molecular weight is 231 g/mol. The molecule has 1 aromatic rings. The summed E-state index contributed by atoms with van der Waals surface area (Å²) in [5, 5.41) is 10.7. The molecule has 4 nitrogen and oxygen atoms in total. The summed E-state index contributed by atoms with van der Waals surface area (Å²) in [4.78, 5) is 13.0. The summed E-state index contributed by atoms with van der Waals surface area (Å²) in [5.74, 6) is 0.590. The number of anilines is 2. The third-order valence-corrected chi connectivity index (χ3v) is 2.85. The van der Waals surface area contributed by atoms with Gasteiger partial charge in [0, 0.05) is 31.3 Å². The van der Waals surface area contributed by atoms with Crippen molar-refractivity contribution < 1.29 is 4.79 Å². The van der Waals surface area contributed by atoms with Crippen LogP contribution in [-0.2, 0) is 4.79 Å². The quantitative estimate of drug-likeness (QED) is 0.822. The van der Waals surface area contributed by atoms with Gasteiger partial charge in [-0.15, -0.1) is 0 Å². The van der Waals surface area contributed by atoms with E-state index in [-0.39, 0.29) is 5.91 Å². The monoisotopic (exact) mass is 231 g/mol. The number of rotatable bonds is 2. The second-order valence-corrected chi connectivity index (χ2v) is 4.29. The SMILES string of the molecule is CC(=O)Nc1cccc(N2CCCCC2=N)c1. The lowest BCUT2D eigenvalue weighted by molar-refractivity contribution is -0.114. The van der Waals surface area contributed by atoms with E-state index >= 15 is 0 Å². The predicted molar refractivity (Wildman–Crippen MR) is 69.7 cm³/mol. The van der Waals surface area contributed by atoms with Crippen LogP contribution in [0.2, 0.25) is 0 Å². The molecule has 0 atom stereocenters. The number of piperidine rings is 1. The number of amidine groups is 1. The van der Waals surface area contributed by atoms with Gasteiger partial charge in [0.1, 0.15) is 5.84 Å². The number of hydrogen-bond acceptors (Lipinski definition) is 2. The Balaban J connectivity index is 2.19. The summed E-state index contributed by atoms with van der Waals surface area (Å²) in [5.41, 5.74) is 1.77. The van der Waals surface area contributed by atoms with Crippen LogP contribution < -0.4 is 10.2 Å². The minimum Gasteiger partial charge on any atom is -0.330 e. The van der Waals surface area contributed by atoms with Crippen LogP contribution in [0.15, 0.2) is 24.3 Å². The van der Waals surface area contributed by atoms with Crippen LogP contribution in [0.3, 0.4) is 0 Å². The van der Waals surface area contributed by atoms with Crippen molar-refractivity contribution in [2.75, 3.05) is 16.8 Å². The lowest BCUT2D eigenvalue weighted by atomic mass is 10.1. The van der Waals surface area contributed by atoms with E-state index in [1.165, 1.54) is 6.92 Å². The zero-order valence-corrected chi connectivity index (χ0v) is 9.99. The first kappa shape index (κ1) is 11.6. The molecule has 1 aliphatic heterocycles. The van der Waals surface area contributed by atoms with Crippen LogP contribution in [0.1, 0.15) is 26.2 Å². The van der Waals surface area contributed by atoms with Gasteiger partial charge in [-0.2, -0.15) is 0 Å². The summed E-state index contributed by atoms with van der Waals surface area (Å²) in [6.07, 6.45) is 3.05. The zero-order chi connectivity index (χ0) is 12.3. The number of amides is 1. The highest BCUT2D eigenvalue weighted by Gasteiger charge is 2.16. The van der Waals surface area contributed by atoms with Gasteiger partial charge in [-0.05, 0) is 31.0 Å². The van der Waals surface area contributed by atoms with E-state index in [2.05, 4.69) is 5.32 Å². The van der Waals surface area contributed by atoms with E-state index in [1.54, 1.807) is 0 Å². The molecule has 1 fully saturated rings. The Morgan fingerprint density at radius 2 is 2.24 bits per heavy atom. The van der Waals surface area contributed by atoms with Gasteiger partial charge in [-0.3, -0.25) is 10.2 Å². The summed E-state index contributed by atoms with van der Waals surface area (Å²) in [6, 6.07) is 7.66. The maximum Gasteiger partial charge on any atom is 0.221 e. The molecule has 2 N–H and O–H groups in total. The van der Waals surface area contributed by atoms with Crippen LogP contribution >= 0.6 is 0 Å². The Hall–Kier alpha value is -1.84. The molecular weight excluding hydrogens is 214 g/mol. The Kier molecular flexibility index (Phi) is 3.42. The molecular formula is C13H17N3O. The first-order valence-corrected chi connectivity index (χ1v) is 5.89. The molecule has 0 radical (unpaired) electrons. The first-order valence-electron chi connectivity index (χ1n) is 5.89. The Morgan fingerprint density at radius 1 is 1.41 bits per heavy atom. The number of hydrogen-bond donors (Lipinski definition) is 2. The fraction of sp³-hybridized carbons (Fsp3) is 0.385. The van der Waals surface area contributed by atoms with Gasteiger partial charge in [-0.1, -0.05) is 6.07 Å². The molecule has 17 heavy (non-hydrogen) atoms. The summed E-state index contributed by atoms with van der Waals surface area (Å²) in [6.45, 7) is 2.39. The fourth-order valence-electron chi connectivity index (χ4n) is 2.07. The van der Waals surface area contributed by atoms with Crippen LogP contribution in [0, 0.1) is 5.41 Å². The van der Waals surface area contributed by atoms with Gasteiger partial charge in [-0.25, -0.2) is 0 Å². The van der Waals surface area contributed by atoms with Crippen molar-refractivity contribution in [2.45, 2.75) is 26.2 Å². The van der Waals surface area contributed by atoms with Crippen molar-refractivity contribution in [3.05, 3.63) is 24.3 Å². The van der Waals surface area contributed by atoms with E-state index in [0.717, 1.165) is 37.2 Å². The van der Waals surface area contributed by atoms with Gasteiger partial charge in [0.2, 0.25) is 5.91 Å². The molecule has 1 aromatic carbocycles. The van der Waals surface area contributed by atoms with Crippen molar-refractivity contribution in [1.82, 2.24) is 0 Å². The number of carbonyl (C=O) groups is 1. The molecule has 4 heteroatoms. The molecule has 0 saturated carbocycles. The third kappa shape index (κ3) is 2.84. The predicted octanol–water partition coefficient (Wildman–Crippen LogP) is 2.61. The van der Waals surface area contributed by atoms with E-state index in [9.17, 15) is 4.79 Å². The molecule has 1 heterocycles. The molecule has 0 bridgehead atoms. The average Bonchev–Trinajstić information content (AvgIpc) is 2.29. The Bertz CT molecular complexity index is 442. The maximum absolute atomic E-state index is 11.0. The van der Waals surface area contributed by atoms with Gasteiger partial charge >= 0.3 is 0 Å². The van der Waals surface area contributed by atoms with Crippen molar-refractivity contribution in [3.63, 3.8) is 0 Å². The molecule has 0 aromatic heterocycles. The van der Waals surface area contributed by atoms with Crippen molar-refractivity contribution in [1.29, 1.82) is 5.41 Å². The van der Waals surface area contributed by atoms with Crippen LogP contribution in [0.5, 0.6) is 0 Å². The first-order chi connectivity index (χ1) is 8.16. The highest BCUT2D eigenvalue weighted by atomic mass is 16.1. The van der Waals surface area contributed by atoms with E-state index < -0.39 is 0 Å². The van der Waals surface area contributed by atoms with Crippen molar-refractivity contribution >= 4 is 23.1 Å². The fourth-order valence-corrected chi connectivity index (χ4v) is 2.07. The summed E-state index contributed by atoms with van der Waals surface area (Å²) < 4.78 is 0. The molecule has 0 spiro atoms. The van der Waals surface area contributed by atoms with Crippen LogP contribution in [0.25, 0.3) is 0 Å². The smallest absolute Gasteiger partial charge is 0.221 e. The van der Waals surface area contributed by atoms with E-state index in [1.807, 2.05) is 29.2 Å². The second kappa shape index (κ2) is 4.99. The topological polar surface area (TPSA) is 56.2 Å². The minimum atomic E-state index is -0.0733. The van der Waals surface area contributed by atoms with Gasteiger partial charge in [0.05, 0.1) is 0 Å².